The zero-order valence-electron chi connectivity index (χ0n) is 21.4. The fraction of sp³-hybridized carbons (Fsp3) is 0.360. The lowest BCUT2D eigenvalue weighted by molar-refractivity contribution is 0.0556. The molecule has 6 heterocycles. The van der Waals surface area contributed by atoms with E-state index < -0.39 is 0 Å². The number of piperidine rings is 1. The maximum Gasteiger partial charge on any atom is 0.320 e. The van der Waals surface area contributed by atoms with Crippen LogP contribution in [0.25, 0.3) is 16.8 Å². The van der Waals surface area contributed by atoms with Crippen LogP contribution in [-0.2, 0) is 0 Å². The Morgan fingerprint density at radius 1 is 1.10 bits per heavy atom. The van der Waals surface area contributed by atoms with Crippen LogP contribution in [-0.4, -0.2) is 76.5 Å². The second-order valence-electron chi connectivity index (χ2n) is 9.84. The number of H-pyrrole nitrogens is 1. The van der Waals surface area contributed by atoms with Crippen molar-refractivity contribution in [1.29, 1.82) is 0 Å². The SMILES string of the molecule is CNC(=O)Nc1ccc(-c2cnn3c(N)c(C(C)=O)c(C4C[C@H]5CC[C@@H](C4)N5C(=O)c4ncn[nH]4)nc23)cn1. The Labute approximate surface area is 222 Å². The van der Waals surface area contributed by atoms with Crippen molar-refractivity contribution in [3.05, 3.63) is 47.9 Å². The summed E-state index contributed by atoms with van der Waals surface area (Å²) in [6.45, 7) is 1.48. The Morgan fingerprint density at radius 2 is 1.87 bits per heavy atom. The standard InChI is InChI=1S/C25H27N11O3/c1-12(37)19-20(14-7-15-4-5-16(8-14)35(15)24(38)22-29-11-30-34-22)33-23-17(10-31-36(23)21(19)26)13-3-6-18(28-9-13)32-25(39)27-2/h3,6,9-11,14-16H,4-5,7-8,26H2,1-2H3,(H,29,30,34)(H2,27,28,32,39)/t14?,15-,16+. The lowest BCUT2D eigenvalue weighted by Crippen LogP contribution is -2.46. The minimum atomic E-state index is -0.371. The number of nitrogens with zero attached hydrogens (tertiary/aromatic N) is 7. The van der Waals surface area contributed by atoms with Crippen LogP contribution in [0.3, 0.4) is 0 Å². The number of ketones is 1. The molecule has 14 nitrogen and oxygen atoms in total. The maximum absolute atomic E-state index is 13.1. The molecule has 0 aromatic carbocycles. The first kappa shape index (κ1) is 24.5. The van der Waals surface area contributed by atoms with Gasteiger partial charge in [0.1, 0.15) is 18.0 Å². The Balaban J connectivity index is 1.36. The number of rotatable bonds is 5. The molecule has 14 heteroatoms. The lowest BCUT2D eigenvalue weighted by Gasteiger charge is -2.38. The molecule has 3 amide bonds. The van der Waals surface area contributed by atoms with Crippen LogP contribution < -0.4 is 16.4 Å². The highest BCUT2D eigenvalue weighted by molar-refractivity contribution is 6.00. The number of carbonyl (C=O) groups is 3. The number of anilines is 2. The van der Waals surface area contributed by atoms with Gasteiger partial charge < -0.3 is 16.0 Å². The van der Waals surface area contributed by atoms with Crippen molar-refractivity contribution < 1.29 is 14.4 Å². The predicted octanol–water partition coefficient (Wildman–Crippen LogP) is 2.00. The van der Waals surface area contributed by atoms with Gasteiger partial charge in [0, 0.05) is 42.4 Å². The summed E-state index contributed by atoms with van der Waals surface area (Å²) in [6.07, 6.45) is 7.63. The normalized spacial score (nSPS) is 20.3. The van der Waals surface area contributed by atoms with Gasteiger partial charge in [0.2, 0.25) is 5.82 Å². The summed E-state index contributed by atoms with van der Waals surface area (Å²) < 4.78 is 1.48. The van der Waals surface area contributed by atoms with E-state index >= 15 is 0 Å². The minimum absolute atomic E-state index is 0.000597. The van der Waals surface area contributed by atoms with E-state index in [2.05, 4.69) is 35.9 Å². The molecule has 200 valence electrons. The van der Waals surface area contributed by atoms with Gasteiger partial charge in [-0.1, -0.05) is 0 Å². The number of amides is 3. The highest BCUT2D eigenvalue weighted by atomic mass is 16.2. The van der Waals surface area contributed by atoms with Gasteiger partial charge in [-0.15, -0.1) is 0 Å². The summed E-state index contributed by atoms with van der Waals surface area (Å²) in [7, 11) is 1.52. The zero-order valence-corrected chi connectivity index (χ0v) is 21.4. The molecule has 4 aromatic heterocycles. The van der Waals surface area contributed by atoms with Crippen LogP contribution >= 0.6 is 0 Å². The Morgan fingerprint density at radius 3 is 2.49 bits per heavy atom. The number of aromatic nitrogens is 7. The van der Waals surface area contributed by atoms with Crippen molar-refractivity contribution in [2.24, 2.45) is 0 Å². The molecular weight excluding hydrogens is 502 g/mol. The molecule has 2 aliphatic rings. The van der Waals surface area contributed by atoms with Crippen LogP contribution in [0.1, 0.15) is 65.2 Å². The number of aromatic amines is 1. The molecule has 1 unspecified atom stereocenters. The molecule has 2 aliphatic heterocycles. The van der Waals surface area contributed by atoms with Crippen molar-refractivity contribution >= 4 is 35.0 Å². The molecule has 0 aliphatic carbocycles. The number of Topliss-reactive ketones (excluding diaryl/α,β-unsaturated/α-hetero) is 1. The Kier molecular flexibility index (Phi) is 5.93. The minimum Gasteiger partial charge on any atom is -0.383 e. The number of nitrogen functional groups attached to an aromatic ring is 1. The van der Waals surface area contributed by atoms with Crippen molar-refractivity contribution in [2.75, 3.05) is 18.1 Å². The fourth-order valence-corrected chi connectivity index (χ4v) is 5.86. The number of hydrogen-bond acceptors (Lipinski definition) is 9. The topological polar surface area (TPSA) is 189 Å². The van der Waals surface area contributed by atoms with Crippen molar-refractivity contribution in [1.82, 2.24) is 45.0 Å². The van der Waals surface area contributed by atoms with Crippen LogP contribution in [0.4, 0.5) is 16.4 Å². The molecule has 0 spiro atoms. The number of hydrogen-bond donors (Lipinski definition) is 4. The smallest absolute Gasteiger partial charge is 0.320 e. The Hall–Kier alpha value is -4.88. The monoisotopic (exact) mass is 529 g/mol. The predicted molar refractivity (Wildman–Crippen MR) is 140 cm³/mol. The van der Waals surface area contributed by atoms with Gasteiger partial charge in [-0.05, 0) is 44.7 Å². The van der Waals surface area contributed by atoms with E-state index in [1.807, 2.05) is 4.90 Å². The van der Waals surface area contributed by atoms with Crippen molar-refractivity contribution in [3.63, 3.8) is 0 Å². The third-order valence-electron chi connectivity index (χ3n) is 7.58. The summed E-state index contributed by atoms with van der Waals surface area (Å²) >= 11 is 0. The first-order valence-corrected chi connectivity index (χ1v) is 12.7. The van der Waals surface area contributed by atoms with E-state index in [9.17, 15) is 14.4 Å². The van der Waals surface area contributed by atoms with Crippen LogP contribution in [0, 0.1) is 0 Å². The first-order valence-electron chi connectivity index (χ1n) is 12.7. The van der Waals surface area contributed by atoms with E-state index in [0.717, 1.165) is 18.4 Å². The lowest BCUT2D eigenvalue weighted by atomic mass is 9.85. The number of fused-ring (bicyclic) bond motifs is 3. The van der Waals surface area contributed by atoms with E-state index in [-0.39, 0.29) is 47.4 Å². The summed E-state index contributed by atoms with van der Waals surface area (Å²) in [4.78, 5) is 52.7. The van der Waals surface area contributed by atoms with Gasteiger partial charge in [0.15, 0.2) is 11.4 Å². The molecule has 4 aromatic rings. The van der Waals surface area contributed by atoms with Crippen LogP contribution in [0.5, 0.6) is 0 Å². The average Bonchev–Trinajstić information content (AvgIpc) is 3.67. The van der Waals surface area contributed by atoms with E-state index in [1.165, 1.54) is 24.8 Å². The molecular formula is C25H27N11O3. The average molecular weight is 530 g/mol. The van der Waals surface area contributed by atoms with E-state index in [0.29, 0.717) is 41.1 Å². The van der Waals surface area contributed by atoms with Crippen molar-refractivity contribution in [3.8, 4) is 11.1 Å². The number of nitrogens with two attached hydrogens (primary N) is 1. The maximum atomic E-state index is 13.1. The molecule has 39 heavy (non-hydrogen) atoms. The molecule has 0 saturated carbocycles. The number of urea groups is 1. The van der Waals surface area contributed by atoms with Gasteiger partial charge in [0.05, 0.1) is 17.5 Å². The molecule has 3 atom stereocenters. The third-order valence-corrected chi connectivity index (χ3v) is 7.58. The molecule has 2 bridgehead atoms. The first-order chi connectivity index (χ1) is 18.9. The quantitative estimate of drug-likeness (QED) is 0.280. The molecule has 6 rings (SSSR count). The van der Waals surface area contributed by atoms with Gasteiger partial charge >= 0.3 is 6.03 Å². The Bertz CT molecular complexity index is 1570. The highest BCUT2D eigenvalue weighted by Gasteiger charge is 2.45. The molecule has 2 fully saturated rings. The van der Waals surface area contributed by atoms with Crippen LogP contribution in [0.15, 0.2) is 30.9 Å². The van der Waals surface area contributed by atoms with E-state index in [1.54, 1.807) is 24.5 Å². The second-order valence-corrected chi connectivity index (χ2v) is 9.84. The van der Waals surface area contributed by atoms with Gasteiger partial charge in [-0.3, -0.25) is 20.0 Å². The van der Waals surface area contributed by atoms with Gasteiger partial charge in [-0.2, -0.15) is 14.7 Å². The zero-order chi connectivity index (χ0) is 27.3. The van der Waals surface area contributed by atoms with Gasteiger partial charge in [0.25, 0.3) is 5.91 Å². The summed E-state index contributed by atoms with van der Waals surface area (Å²) in [5.74, 6) is 0.441. The fourth-order valence-electron chi connectivity index (χ4n) is 5.86. The van der Waals surface area contributed by atoms with Crippen molar-refractivity contribution in [2.45, 2.75) is 50.6 Å². The summed E-state index contributed by atoms with van der Waals surface area (Å²) in [5.41, 5.74) is 9.44. The second kappa shape index (κ2) is 9.45. The molecule has 5 N–H and O–H groups in total. The largest absolute Gasteiger partial charge is 0.383 e. The summed E-state index contributed by atoms with van der Waals surface area (Å²) in [5, 5.41) is 16.0. The third kappa shape index (κ3) is 4.13. The number of pyridine rings is 1. The number of carbonyl (C=O) groups excluding carboxylic acids is 3. The summed E-state index contributed by atoms with van der Waals surface area (Å²) in [6, 6.07) is 3.11. The van der Waals surface area contributed by atoms with E-state index in [4.69, 9.17) is 10.7 Å². The van der Waals surface area contributed by atoms with Gasteiger partial charge in [-0.25, -0.2) is 19.7 Å². The molecule has 0 radical (unpaired) electrons. The molecule has 2 saturated heterocycles. The number of nitrogens with one attached hydrogen (secondary N) is 3. The van der Waals surface area contributed by atoms with Crippen LogP contribution in [0.2, 0.25) is 0 Å². The highest BCUT2D eigenvalue weighted by Crippen LogP contribution is 2.45.